The molecule has 2 unspecified atom stereocenters. The number of amides is 2. The van der Waals surface area contributed by atoms with Gasteiger partial charge in [-0.05, 0) is 12.8 Å². The summed E-state index contributed by atoms with van der Waals surface area (Å²) in [5.41, 5.74) is 0. The summed E-state index contributed by atoms with van der Waals surface area (Å²) in [6.07, 6.45) is 0.000139. The van der Waals surface area contributed by atoms with Gasteiger partial charge in [0.15, 0.2) is 0 Å². The summed E-state index contributed by atoms with van der Waals surface area (Å²) < 4.78 is 0. The Bertz CT molecular complexity index is 242. The maximum atomic E-state index is 11.4. The molecular formula is C9H16N2O3. The summed E-state index contributed by atoms with van der Waals surface area (Å²) >= 11 is 0. The Hall–Kier alpha value is -1.26. The van der Waals surface area contributed by atoms with Gasteiger partial charge < -0.3 is 15.3 Å². The van der Waals surface area contributed by atoms with Crippen molar-refractivity contribution in [2.24, 2.45) is 5.92 Å². The van der Waals surface area contributed by atoms with Crippen LogP contribution in [0.3, 0.4) is 0 Å². The van der Waals surface area contributed by atoms with Crippen LogP contribution in [0.5, 0.6) is 0 Å². The van der Waals surface area contributed by atoms with Crippen LogP contribution in [0.4, 0.5) is 4.79 Å². The number of carboxylic acids is 1. The maximum absolute atomic E-state index is 11.4. The van der Waals surface area contributed by atoms with Crippen LogP contribution in [0.1, 0.15) is 20.3 Å². The third kappa shape index (κ3) is 2.61. The summed E-state index contributed by atoms with van der Waals surface area (Å²) in [4.78, 5) is 23.5. The quantitative estimate of drug-likeness (QED) is 0.697. The van der Waals surface area contributed by atoms with Gasteiger partial charge in [-0.15, -0.1) is 0 Å². The topological polar surface area (TPSA) is 69.6 Å². The standard InChI is InChI=1S/C9H16N2O3/c1-6-4-10-9(14)11(5-6)7(2)3-8(12)13/h6-7H,3-5H2,1-2H3,(H,10,14)(H,12,13). The first-order chi connectivity index (χ1) is 6.50. The number of rotatable bonds is 3. The van der Waals surface area contributed by atoms with E-state index in [1.54, 1.807) is 11.8 Å². The zero-order valence-electron chi connectivity index (χ0n) is 8.49. The largest absolute Gasteiger partial charge is 0.481 e. The smallest absolute Gasteiger partial charge is 0.317 e. The molecule has 2 atom stereocenters. The van der Waals surface area contributed by atoms with E-state index in [0.717, 1.165) is 0 Å². The van der Waals surface area contributed by atoms with Gasteiger partial charge in [-0.25, -0.2) is 4.79 Å². The van der Waals surface area contributed by atoms with Gasteiger partial charge in [0.2, 0.25) is 0 Å². The second-order valence-corrected chi connectivity index (χ2v) is 3.89. The number of carbonyl (C=O) groups is 2. The van der Waals surface area contributed by atoms with Gasteiger partial charge in [0.1, 0.15) is 0 Å². The van der Waals surface area contributed by atoms with Gasteiger partial charge in [-0.3, -0.25) is 4.79 Å². The lowest BCUT2D eigenvalue weighted by molar-refractivity contribution is -0.138. The van der Waals surface area contributed by atoms with Crippen LogP contribution >= 0.6 is 0 Å². The molecular weight excluding hydrogens is 184 g/mol. The minimum absolute atomic E-state index is 0.000139. The van der Waals surface area contributed by atoms with Gasteiger partial charge >= 0.3 is 12.0 Å². The molecule has 1 heterocycles. The number of nitrogens with one attached hydrogen (secondary N) is 1. The van der Waals surface area contributed by atoms with Crippen LogP contribution in [0.2, 0.25) is 0 Å². The fraction of sp³-hybridized carbons (Fsp3) is 0.778. The predicted molar refractivity (Wildman–Crippen MR) is 51.0 cm³/mol. The Morgan fingerprint density at radius 2 is 2.43 bits per heavy atom. The number of nitrogens with zero attached hydrogens (tertiary/aromatic N) is 1. The van der Waals surface area contributed by atoms with Crippen LogP contribution < -0.4 is 5.32 Å². The second kappa shape index (κ2) is 4.30. The van der Waals surface area contributed by atoms with Crippen molar-refractivity contribution in [3.8, 4) is 0 Å². The van der Waals surface area contributed by atoms with E-state index in [9.17, 15) is 9.59 Å². The molecule has 0 saturated carbocycles. The molecule has 0 aliphatic carbocycles. The van der Waals surface area contributed by atoms with Crippen LogP contribution in [-0.2, 0) is 4.79 Å². The molecule has 0 aromatic rings. The number of aliphatic carboxylic acids is 1. The molecule has 5 heteroatoms. The van der Waals surface area contributed by atoms with E-state index in [1.165, 1.54) is 0 Å². The fourth-order valence-corrected chi connectivity index (χ4v) is 1.59. The Labute approximate surface area is 83.1 Å². The third-order valence-corrected chi connectivity index (χ3v) is 2.37. The minimum atomic E-state index is -0.872. The monoisotopic (exact) mass is 200 g/mol. The van der Waals surface area contributed by atoms with Gasteiger partial charge in [0.05, 0.1) is 6.42 Å². The predicted octanol–water partition coefficient (Wildman–Crippen LogP) is 0.511. The van der Waals surface area contributed by atoms with E-state index in [4.69, 9.17) is 5.11 Å². The molecule has 1 aliphatic heterocycles. The van der Waals surface area contributed by atoms with E-state index in [-0.39, 0.29) is 18.5 Å². The maximum Gasteiger partial charge on any atom is 0.317 e. The van der Waals surface area contributed by atoms with Crippen molar-refractivity contribution < 1.29 is 14.7 Å². The van der Waals surface area contributed by atoms with E-state index in [1.807, 2.05) is 6.92 Å². The molecule has 0 radical (unpaired) electrons. The number of hydrogen-bond donors (Lipinski definition) is 2. The lowest BCUT2D eigenvalue weighted by Crippen LogP contribution is -2.54. The van der Waals surface area contributed by atoms with E-state index >= 15 is 0 Å². The zero-order chi connectivity index (χ0) is 10.7. The summed E-state index contributed by atoms with van der Waals surface area (Å²) in [5.74, 6) is -0.493. The van der Waals surface area contributed by atoms with Crippen LogP contribution in [0.25, 0.3) is 0 Å². The molecule has 1 rings (SSSR count). The molecule has 0 aromatic carbocycles. The van der Waals surface area contributed by atoms with Crippen LogP contribution in [-0.4, -0.2) is 41.1 Å². The van der Waals surface area contributed by atoms with E-state index in [2.05, 4.69) is 5.32 Å². The normalized spacial score (nSPS) is 24.3. The number of hydrogen-bond acceptors (Lipinski definition) is 2. The van der Waals surface area contributed by atoms with Gasteiger partial charge in [0, 0.05) is 19.1 Å². The molecule has 1 saturated heterocycles. The van der Waals surface area contributed by atoms with Gasteiger partial charge in [-0.2, -0.15) is 0 Å². The SMILES string of the molecule is CC1CNC(=O)N(C(C)CC(=O)O)C1. The molecule has 0 aromatic heterocycles. The van der Waals surface area contributed by atoms with Crippen molar-refractivity contribution in [2.75, 3.05) is 13.1 Å². The molecule has 5 nitrogen and oxygen atoms in total. The highest BCUT2D eigenvalue weighted by Crippen LogP contribution is 2.11. The summed E-state index contributed by atoms with van der Waals surface area (Å²) in [7, 11) is 0. The number of carbonyl (C=O) groups excluding carboxylic acids is 1. The minimum Gasteiger partial charge on any atom is -0.481 e. The Morgan fingerprint density at radius 1 is 1.79 bits per heavy atom. The molecule has 1 fully saturated rings. The Morgan fingerprint density at radius 3 is 3.00 bits per heavy atom. The first-order valence-electron chi connectivity index (χ1n) is 4.77. The van der Waals surface area contributed by atoms with Crippen molar-refractivity contribution in [1.82, 2.24) is 10.2 Å². The van der Waals surface area contributed by atoms with Gasteiger partial charge in [0.25, 0.3) is 0 Å². The first kappa shape index (κ1) is 10.8. The summed E-state index contributed by atoms with van der Waals surface area (Å²) in [5, 5.41) is 11.3. The highest BCUT2D eigenvalue weighted by molar-refractivity contribution is 5.76. The average molecular weight is 200 g/mol. The average Bonchev–Trinajstić information content (AvgIpc) is 2.08. The molecule has 1 aliphatic rings. The van der Waals surface area contributed by atoms with Crippen LogP contribution in [0.15, 0.2) is 0 Å². The molecule has 0 spiro atoms. The summed E-state index contributed by atoms with van der Waals surface area (Å²) in [6.45, 7) is 5.10. The van der Waals surface area contributed by atoms with Crippen molar-refractivity contribution in [1.29, 1.82) is 0 Å². The molecule has 2 amide bonds. The lowest BCUT2D eigenvalue weighted by atomic mass is 10.1. The molecule has 2 N–H and O–H groups in total. The van der Waals surface area contributed by atoms with Crippen molar-refractivity contribution in [3.05, 3.63) is 0 Å². The van der Waals surface area contributed by atoms with Crippen molar-refractivity contribution in [2.45, 2.75) is 26.3 Å². The van der Waals surface area contributed by atoms with Gasteiger partial charge in [-0.1, -0.05) is 6.92 Å². The fourth-order valence-electron chi connectivity index (χ4n) is 1.59. The number of urea groups is 1. The Balaban J connectivity index is 2.55. The van der Waals surface area contributed by atoms with E-state index < -0.39 is 5.97 Å². The highest BCUT2D eigenvalue weighted by Gasteiger charge is 2.27. The second-order valence-electron chi connectivity index (χ2n) is 3.89. The van der Waals surface area contributed by atoms with Crippen LogP contribution in [0, 0.1) is 5.92 Å². The van der Waals surface area contributed by atoms with E-state index in [0.29, 0.717) is 19.0 Å². The molecule has 0 bridgehead atoms. The molecule has 14 heavy (non-hydrogen) atoms. The van der Waals surface area contributed by atoms with Crippen molar-refractivity contribution >= 4 is 12.0 Å². The lowest BCUT2D eigenvalue weighted by Gasteiger charge is -2.35. The molecule has 80 valence electrons. The van der Waals surface area contributed by atoms with Crippen molar-refractivity contribution in [3.63, 3.8) is 0 Å². The third-order valence-electron chi connectivity index (χ3n) is 2.37. The Kier molecular flexibility index (Phi) is 3.33. The zero-order valence-corrected chi connectivity index (χ0v) is 8.49. The first-order valence-corrected chi connectivity index (χ1v) is 4.77. The summed E-state index contributed by atoms with van der Waals surface area (Å²) in [6, 6.07) is -0.396. The highest BCUT2D eigenvalue weighted by atomic mass is 16.4. The number of carboxylic acid groups (broad SMARTS) is 1.